The molecular formula is C22H22F3N3O2S. The molecular weight excluding hydrogens is 427 g/mol. The summed E-state index contributed by atoms with van der Waals surface area (Å²) in [6.45, 7) is 2.44. The van der Waals surface area contributed by atoms with E-state index in [4.69, 9.17) is 4.74 Å². The quantitative estimate of drug-likeness (QED) is 0.499. The van der Waals surface area contributed by atoms with Gasteiger partial charge in [0.1, 0.15) is 10.7 Å². The highest BCUT2D eigenvalue weighted by atomic mass is 32.1. The summed E-state index contributed by atoms with van der Waals surface area (Å²) < 4.78 is 45.1. The Morgan fingerprint density at radius 2 is 1.90 bits per heavy atom. The van der Waals surface area contributed by atoms with Crippen molar-refractivity contribution in [3.05, 3.63) is 64.9 Å². The largest absolute Gasteiger partial charge is 0.464 e. The number of aromatic nitrogens is 2. The molecule has 1 aromatic carbocycles. The summed E-state index contributed by atoms with van der Waals surface area (Å²) in [6.07, 6.45) is -0.594. The van der Waals surface area contributed by atoms with Crippen LogP contribution in [0.2, 0.25) is 0 Å². The number of esters is 1. The Balaban J connectivity index is 1.35. The number of benzene rings is 1. The minimum Gasteiger partial charge on any atom is -0.464 e. The Hall–Kier alpha value is -2.65. The van der Waals surface area contributed by atoms with Crippen molar-refractivity contribution >= 4 is 17.3 Å². The predicted octanol–water partition coefficient (Wildman–Crippen LogP) is 5.25. The zero-order valence-corrected chi connectivity index (χ0v) is 17.7. The van der Waals surface area contributed by atoms with E-state index in [0.29, 0.717) is 22.8 Å². The number of alkyl halides is 3. The summed E-state index contributed by atoms with van der Waals surface area (Å²) in [7, 11) is 1.38. The maximum absolute atomic E-state index is 12.7. The minimum absolute atomic E-state index is 0.249. The van der Waals surface area contributed by atoms with Crippen molar-refractivity contribution < 1.29 is 22.7 Å². The summed E-state index contributed by atoms with van der Waals surface area (Å²) in [6, 6.07) is 8.99. The predicted molar refractivity (Wildman–Crippen MR) is 112 cm³/mol. The first kappa shape index (κ1) is 21.6. The Kier molecular flexibility index (Phi) is 6.15. The molecule has 3 aromatic rings. The molecule has 9 heteroatoms. The smallest absolute Gasteiger partial charge is 0.416 e. The summed E-state index contributed by atoms with van der Waals surface area (Å²) >= 11 is 1.44. The number of piperidine rings is 1. The molecule has 1 saturated heterocycles. The molecule has 2 aromatic heterocycles. The van der Waals surface area contributed by atoms with Crippen LogP contribution in [0.3, 0.4) is 0 Å². The number of hydrogen-bond acceptors (Lipinski definition) is 5. The second-order valence-corrected chi connectivity index (χ2v) is 8.38. The van der Waals surface area contributed by atoms with Crippen molar-refractivity contribution in [3.8, 4) is 10.6 Å². The van der Waals surface area contributed by atoms with Crippen LogP contribution < -0.4 is 0 Å². The van der Waals surface area contributed by atoms with E-state index in [1.807, 2.05) is 22.2 Å². The molecule has 164 valence electrons. The monoisotopic (exact) mass is 449 g/mol. The summed E-state index contributed by atoms with van der Waals surface area (Å²) in [5.74, 6) is -0.328. The van der Waals surface area contributed by atoms with E-state index in [9.17, 15) is 18.0 Å². The zero-order chi connectivity index (χ0) is 22.0. The third-order valence-corrected chi connectivity index (χ3v) is 6.46. The van der Waals surface area contributed by atoms with Crippen LogP contribution in [0.1, 0.15) is 40.6 Å². The molecule has 0 N–H and O–H groups in total. The molecule has 1 aliphatic rings. The molecule has 3 heterocycles. The van der Waals surface area contributed by atoms with Gasteiger partial charge in [-0.15, -0.1) is 11.3 Å². The molecule has 0 aliphatic carbocycles. The molecule has 0 radical (unpaired) electrons. The van der Waals surface area contributed by atoms with E-state index in [1.54, 1.807) is 6.07 Å². The molecule has 0 spiro atoms. The molecule has 0 amide bonds. The van der Waals surface area contributed by atoms with Crippen LogP contribution in [0.4, 0.5) is 13.2 Å². The lowest BCUT2D eigenvalue weighted by atomic mass is 10.0. The fourth-order valence-corrected chi connectivity index (χ4v) is 4.71. The average Bonchev–Trinajstić information content (AvgIpc) is 3.43. The molecule has 0 saturated carbocycles. The van der Waals surface area contributed by atoms with Crippen LogP contribution in [0, 0.1) is 0 Å². The Morgan fingerprint density at radius 1 is 1.19 bits per heavy atom. The van der Waals surface area contributed by atoms with Crippen LogP contribution >= 0.6 is 11.3 Å². The third kappa shape index (κ3) is 4.83. The maximum atomic E-state index is 12.7. The van der Waals surface area contributed by atoms with Gasteiger partial charge in [-0.25, -0.2) is 9.78 Å². The number of rotatable bonds is 5. The van der Waals surface area contributed by atoms with Crippen molar-refractivity contribution in [2.75, 3.05) is 20.2 Å². The summed E-state index contributed by atoms with van der Waals surface area (Å²) in [5.41, 5.74) is 1.51. The van der Waals surface area contributed by atoms with Crippen LogP contribution in [0.5, 0.6) is 0 Å². The van der Waals surface area contributed by atoms with Gasteiger partial charge in [0, 0.05) is 42.8 Å². The lowest BCUT2D eigenvalue weighted by Gasteiger charge is -2.32. The Bertz CT molecular complexity index is 1030. The van der Waals surface area contributed by atoms with Crippen LogP contribution in [-0.2, 0) is 17.5 Å². The van der Waals surface area contributed by atoms with Gasteiger partial charge in [0.05, 0.1) is 18.4 Å². The molecule has 1 aliphatic heterocycles. The molecule has 5 nitrogen and oxygen atoms in total. The van der Waals surface area contributed by atoms with Crippen molar-refractivity contribution in [1.82, 2.24) is 14.5 Å². The number of methoxy groups -OCH3 is 1. The fraction of sp³-hybridized carbons (Fsp3) is 0.364. The first-order valence-corrected chi connectivity index (χ1v) is 10.8. The van der Waals surface area contributed by atoms with E-state index >= 15 is 0 Å². The molecule has 0 unspecified atom stereocenters. The number of ether oxygens (including phenoxy) is 1. The van der Waals surface area contributed by atoms with Crippen molar-refractivity contribution in [2.45, 2.75) is 31.6 Å². The van der Waals surface area contributed by atoms with Crippen molar-refractivity contribution in [1.29, 1.82) is 0 Å². The number of nitrogens with zero attached hydrogens (tertiary/aromatic N) is 3. The van der Waals surface area contributed by atoms with E-state index in [1.165, 1.54) is 30.6 Å². The molecule has 0 atom stereocenters. The van der Waals surface area contributed by atoms with E-state index in [0.717, 1.165) is 43.8 Å². The highest BCUT2D eigenvalue weighted by Crippen LogP contribution is 2.32. The van der Waals surface area contributed by atoms with Crippen LogP contribution in [0.25, 0.3) is 10.6 Å². The third-order valence-electron chi connectivity index (χ3n) is 5.52. The van der Waals surface area contributed by atoms with Gasteiger partial charge in [0.15, 0.2) is 0 Å². The number of carbonyl (C=O) groups excluding carboxylic acids is 1. The van der Waals surface area contributed by atoms with Crippen molar-refractivity contribution in [2.24, 2.45) is 0 Å². The van der Waals surface area contributed by atoms with Crippen LogP contribution in [0.15, 0.2) is 48.0 Å². The average molecular weight is 449 g/mol. The van der Waals surface area contributed by atoms with Crippen molar-refractivity contribution in [3.63, 3.8) is 0 Å². The Labute approximate surface area is 182 Å². The first-order chi connectivity index (χ1) is 14.8. The van der Waals surface area contributed by atoms with Gasteiger partial charge in [0.25, 0.3) is 0 Å². The lowest BCUT2D eigenvalue weighted by Crippen LogP contribution is -2.34. The Morgan fingerprint density at radius 3 is 2.55 bits per heavy atom. The lowest BCUT2D eigenvalue weighted by molar-refractivity contribution is -0.137. The van der Waals surface area contributed by atoms with Crippen LogP contribution in [-0.4, -0.2) is 40.6 Å². The van der Waals surface area contributed by atoms with Gasteiger partial charge >= 0.3 is 12.1 Å². The fourth-order valence-electron chi connectivity index (χ4n) is 3.89. The summed E-state index contributed by atoms with van der Waals surface area (Å²) in [5, 5.41) is 2.68. The van der Waals surface area contributed by atoms with Gasteiger partial charge in [-0.2, -0.15) is 13.2 Å². The number of likely N-dealkylation sites (tertiary alicyclic amines) is 1. The summed E-state index contributed by atoms with van der Waals surface area (Å²) in [4.78, 5) is 18.8. The highest BCUT2D eigenvalue weighted by molar-refractivity contribution is 7.13. The van der Waals surface area contributed by atoms with E-state index in [2.05, 4.69) is 9.88 Å². The normalized spacial score (nSPS) is 15.9. The minimum atomic E-state index is -4.34. The maximum Gasteiger partial charge on any atom is 0.416 e. The van der Waals surface area contributed by atoms with Gasteiger partial charge in [0.2, 0.25) is 0 Å². The zero-order valence-electron chi connectivity index (χ0n) is 16.9. The van der Waals surface area contributed by atoms with Gasteiger partial charge < -0.3 is 9.30 Å². The molecule has 0 bridgehead atoms. The second kappa shape index (κ2) is 8.84. The molecule has 31 heavy (non-hydrogen) atoms. The van der Waals surface area contributed by atoms with E-state index in [-0.39, 0.29) is 12.0 Å². The SMILES string of the molecule is COC(=O)c1cccn1C1CCN(Cc2csc(-c3ccc(C(F)(F)F)cc3)n2)CC1. The second-order valence-electron chi connectivity index (χ2n) is 7.52. The number of hydrogen-bond donors (Lipinski definition) is 0. The molecule has 4 rings (SSSR count). The highest BCUT2D eigenvalue weighted by Gasteiger charge is 2.30. The number of thiazole rings is 1. The topological polar surface area (TPSA) is 47.4 Å². The standard InChI is InChI=1S/C22H22F3N3O2S/c1-30-21(29)19-3-2-10-28(19)18-8-11-27(12-9-18)13-17-14-31-20(26-17)15-4-6-16(7-5-15)22(23,24)25/h2-7,10,14,18H,8-9,11-13H2,1H3. The van der Waals surface area contributed by atoms with Gasteiger partial charge in [-0.1, -0.05) is 12.1 Å². The van der Waals surface area contributed by atoms with E-state index < -0.39 is 11.7 Å². The van der Waals surface area contributed by atoms with Gasteiger partial charge in [-0.3, -0.25) is 4.90 Å². The number of halogens is 3. The first-order valence-electron chi connectivity index (χ1n) is 9.94. The number of carbonyl (C=O) groups is 1. The molecule has 1 fully saturated rings. The van der Waals surface area contributed by atoms with Gasteiger partial charge in [-0.05, 0) is 37.1 Å².